The van der Waals surface area contributed by atoms with Crippen molar-refractivity contribution in [2.75, 3.05) is 18.4 Å². The van der Waals surface area contributed by atoms with Gasteiger partial charge in [0.2, 0.25) is 0 Å². The summed E-state index contributed by atoms with van der Waals surface area (Å²) in [5.41, 5.74) is 1.80. The Hall–Kier alpha value is -2.18. The van der Waals surface area contributed by atoms with Gasteiger partial charge in [-0.05, 0) is 32.8 Å². The van der Waals surface area contributed by atoms with Crippen molar-refractivity contribution in [3.63, 3.8) is 0 Å². The second kappa shape index (κ2) is 6.93. The molecule has 1 saturated carbocycles. The molecule has 3 rings (SSSR count). The molecule has 7 nitrogen and oxygen atoms in total. The van der Waals surface area contributed by atoms with Gasteiger partial charge in [0.05, 0.1) is 6.54 Å². The molecule has 0 aromatic carbocycles. The summed E-state index contributed by atoms with van der Waals surface area (Å²) in [5, 5.41) is 6.28. The first-order valence-corrected chi connectivity index (χ1v) is 8.40. The molecule has 2 aliphatic rings. The summed E-state index contributed by atoms with van der Waals surface area (Å²) in [6, 6.07) is 2.18. The van der Waals surface area contributed by atoms with Gasteiger partial charge < -0.3 is 5.32 Å². The van der Waals surface area contributed by atoms with Crippen LogP contribution in [0.2, 0.25) is 0 Å². The van der Waals surface area contributed by atoms with Crippen molar-refractivity contribution in [2.45, 2.75) is 52.0 Å². The number of rotatable bonds is 2. The first-order valence-electron chi connectivity index (χ1n) is 8.40. The Morgan fingerprint density at radius 2 is 1.91 bits per heavy atom. The highest BCUT2D eigenvalue weighted by Gasteiger charge is 2.33. The van der Waals surface area contributed by atoms with Crippen LogP contribution < -0.4 is 15.6 Å². The van der Waals surface area contributed by atoms with E-state index in [-0.39, 0.29) is 6.03 Å². The lowest BCUT2D eigenvalue weighted by Crippen LogP contribution is -2.73. The molecule has 1 fully saturated rings. The van der Waals surface area contributed by atoms with Crippen LogP contribution in [-0.2, 0) is 0 Å². The summed E-state index contributed by atoms with van der Waals surface area (Å²) in [7, 11) is 0. The van der Waals surface area contributed by atoms with Gasteiger partial charge in [-0.25, -0.2) is 20.1 Å². The number of aromatic nitrogens is 2. The number of guanidine groups is 1. The monoisotopic (exact) mass is 317 g/mol. The largest absolute Gasteiger partial charge is 0.382 e. The third-order valence-electron chi connectivity index (χ3n) is 4.29. The van der Waals surface area contributed by atoms with E-state index in [1.807, 2.05) is 19.9 Å². The Kier molecular flexibility index (Phi) is 4.73. The molecule has 1 aromatic rings. The SMILES string of the molecule is Cc1cc(C)nc(NC2=[NH+]CCN2C(=O)NC2CCCCC2)n1. The van der Waals surface area contributed by atoms with Crippen molar-refractivity contribution in [3.8, 4) is 0 Å². The van der Waals surface area contributed by atoms with E-state index in [9.17, 15) is 4.79 Å². The second-order valence-corrected chi connectivity index (χ2v) is 6.31. The standard InChI is InChI=1S/C16H24N6O/c1-11-10-12(2)19-14(18-11)21-15-17-8-9-22(15)16(23)20-13-6-4-3-5-7-13/h10,13H,3-9H2,1-2H3,(H,20,23)(H,17,18,19,21)/p+1. The molecular formula is C16H25N6O+. The first kappa shape index (κ1) is 15.7. The van der Waals surface area contributed by atoms with Crippen LogP contribution in [0.3, 0.4) is 0 Å². The summed E-state index contributed by atoms with van der Waals surface area (Å²) < 4.78 is 0. The predicted octanol–water partition coefficient (Wildman–Crippen LogP) is 0.300. The van der Waals surface area contributed by atoms with Gasteiger partial charge in [0.25, 0.3) is 5.95 Å². The highest BCUT2D eigenvalue weighted by Crippen LogP contribution is 2.17. The van der Waals surface area contributed by atoms with E-state index in [1.165, 1.54) is 19.3 Å². The second-order valence-electron chi connectivity index (χ2n) is 6.31. The zero-order chi connectivity index (χ0) is 16.2. The summed E-state index contributed by atoms with van der Waals surface area (Å²) in [6.07, 6.45) is 5.84. The molecule has 124 valence electrons. The quantitative estimate of drug-likeness (QED) is 0.732. The van der Waals surface area contributed by atoms with Crippen molar-refractivity contribution in [1.29, 1.82) is 0 Å². The molecule has 0 unspecified atom stereocenters. The number of amides is 2. The van der Waals surface area contributed by atoms with Crippen LogP contribution in [-0.4, -0.2) is 46.0 Å². The third kappa shape index (κ3) is 3.97. The highest BCUT2D eigenvalue weighted by molar-refractivity contribution is 6.00. The summed E-state index contributed by atoms with van der Waals surface area (Å²) in [4.78, 5) is 26.2. The number of nitrogens with one attached hydrogen (secondary N) is 3. The molecule has 0 bridgehead atoms. The fraction of sp³-hybridized carbons (Fsp3) is 0.625. The van der Waals surface area contributed by atoms with Crippen molar-refractivity contribution < 1.29 is 9.79 Å². The molecule has 23 heavy (non-hydrogen) atoms. The number of aryl methyl sites for hydroxylation is 2. The van der Waals surface area contributed by atoms with E-state index in [1.54, 1.807) is 4.90 Å². The van der Waals surface area contributed by atoms with Gasteiger partial charge in [0, 0.05) is 17.4 Å². The first-order chi connectivity index (χ1) is 11.1. The molecule has 2 heterocycles. The van der Waals surface area contributed by atoms with E-state index < -0.39 is 0 Å². The van der Waals surface area contributed by atoms with Crippen LogP contribution in [0.4, 0.5) is 10.7 Å². The number of carbonyl (C=O) groups is 1. The summed E-state index contributed by atoms with van der Waals surface area (Å²) in [5.74, 6) is 1.17. The average Bonchev–Trinajstić information content (AvgIpc) is 2.95. The number of anilines is 1. The molecular weight excluding hydrogens is 292 g/mol. The molecule has 1 aromatic heterocycles. The van der Waals surface area contributed by atoms with Crippen molar-refractivity contribution in [3.05, 3.63) is 17.5 Å². The minimum Gasteiger partial charge on any atom is -0.322 e. The third-order valence-corrected chi connectivity index (χ3v) is 4.29. The number of hydrogen-bond acceptors (Lipinski definition) is 4. The van der Waals surface area contributed by atoms with Crippen LogP contribution >= 0.6 is 0 Å². The topological polar surface area (TPSA) is 84.1 Å². The van der Waals surface area contributed by atoms with E-state index in [0.29, 0.717) is 24.5 Å². The van der Waals surface area contributed by atoms with Gasteiger partial charge in [0.1, 0.15) is 6.54 Å². The van der Waals surface area contributed by atoms with Crippen molar-refractivity contribution in [1.82, 2.24) is 20.2 Å². The molecule has 1 aliphatic heterocycles. The van der Waals surface area contributed by atoms with Crippen LogP contribution in [0.25, 0.3) is 0 Å². The lowest BCUT2D eigenvalue weighted by molar-refractivity contribution is -0.444. The van der Waals surface area contributed by atoms with Gasteiger partial charge in [-0.1, -0.05) is 19.3 Å². The predicted molar refractivity (Wildman–Crippen MR) is 88.1 cm³/mol. The molecule has 3 N–H and O–H groups in total. The molecule has 0 radical (unpaired) electrons. The van der Waals surface area contributed by atoms with Crippen LogP contribution in [0.15, 0.2) is 6.07 Å². The molecule has 2 amide bonds. The van der Waals surface area contributed by atoms with Gasteiger partial charge in [-0.3, -0.25) is 4.99 Å². The normalized spacial score (nSPS) is 18.7. The maximum atomic E-state index is 12.5. The molecule has 7 heteroatoms. The van der Waals surface area contributed by atoms with Crippen molar-refractivity contribution in [2.24, 2.45) is 0 Å². The number of urea groups is 1. The maximum absolute atomic E-state index is 12.5. The maximum Gasteiger partial charge on any atom is 0.382 e. The molecule has 1 aliphatic carbocycles. The Labute approximate surface area is 136 Å². The van der Waals surface area contributed by atoms with Gasteiger partial charge >= 0.3 is 12.0 Å². The van der Waals surface area contributed by atoms with Gasteiger partial charge in [0.15, 0.2) is 0 Å². The van der Waals surface area contributed by atoms with E-state index in [4.69, 9.17) is 0 Å². The highest BCUT2D eigenvalue weighted by atomic mass is 16.2. The zero-order valence-electron chi connectivity index (χ0n) is 13.9. The Balaban J connectivity index is 1.63. The van der Waals surface area contributed by atoms with Crippen LogP contribution in [0.1, 0.15) is 43.5 Å². The lowest BCUT2D eigenvalue weighted by atomic mass is 9.96. The Morgan fingerprint density at radius 3 is 2.61 bits per heavy atom. The van der Waals surface area contributed by atoms with E-state index in [2.05, 4.69) is 25.6 Å². The van der Waals surface area contributed by atoms with Crippen LogP contribution in [0.5, 0.6) is 0 Å². The fourth-order valence-electron chi connectivity index (χ4n) is 3.20. The molecule has 0 spiro atoms. The minimum absolute atomic E-state index is 0.0474. The number of carbonyl (C=O) groups excluding carboxylic acids is 1. The lowest BCUT2D eigenvalue weighted by Gasteiger charge is -2.23. The smallest absolute Gasteiger partial charge is 0.322 e. The van der Waals surface area contributed by atoms with Crippen molar-refractivity contribution >= 4 is 17.9 Å². The Morgan fingerprint density at radius 1 is 1.22 bits per heavy atom. The zero-order valence-corrected chi connectivity index (χ0v) is 13.9. The molecule has 0 atom stereocenters. The van der Waals surface area contributed by atoms with E-state index in [0.717, 1.165) is 30.8 Å². The number of hydrogen-bond donors (Lipinski definition) is 3. The molecule has 0 saturated heterocycles. The summed E-state index contributed by atoms with van der Waals surface area (Å²) >= 11 is 0. The van der Waals surface area contributed by atoms with Gasteiger partial charge in [-0.2, -0.15) is 4.90 Å². The fourth-order valence-corrected chi connectivity index (χ4v) is 3.20. The Bertz CT molecular complexity index is 588. The number of nitrogens with zero attached hydrogens (tertiary/aromatic N) is 3. The van der Waals surface area contributed by atoms with E-state index >= 15 is 0 Å². The van der Waals surface area contributed by atoms with Gasteiger partial charge in [-0.15, -0.1) is 0 Å². The minimum atomic E-state index is -0.0474. The summed E-state index contributed by atoms with van der Waals surface area (Å²) in [6.45, 7) is 5.23. The van der Waals surface area contributed by atoms with Crippen LogP contribution in [0, 0.1) is 13.8 Å². The average molecular weight is 317 g/mol.